The quantitative estimate of drug-likeness (QED) is 0.354. The Morgan fingerprint density at radius 1 is 1.09 bits per heavy atom. The van der Waals surface area contributed by atoms with Gasteiger partial charge in [0.05, 0.1) is 31.1 Å². The van der Waals surface area contributed by atoms with Crippen molar-refractivity contribution in [3.63, 3.8) is 0 Å². The number of ketones is 1. The summed E-state index contributed by atoms with van der Waals surface area (Å²) in [5.41, 5.74) is 8.24. The van der Waals surface area contributed by atoms with E-state index in [0.29, 0.717) is 31.1 Å². The van der Waals surface area contributed by atoms with E-state index in [2.05, 4.69) is 29.1 Å². The van der Waals surface area contributed by atoms with E-state index in [-0.39, 0.29) is 25.3 Å². The second-order valence-electron chi connectivity index (χ2n) is 12.5. The number of nitrogens with one attached hydrogen (secondary N) is 1. The van der Waals surface area contributed by atoms with Crippen LogP contribution >= 0.6 is 0 Å². The van der Waals surface area contributed by atoms with Crippen LogP contribution in [0.15, 0.2) is 67.1 Å². The fraction of sp³-hybridized carbons (Fsp3) is 0.429. The van der Waals surface area contributed by atoms with E-state index in [9.17, 15) is 14.4 Å². The number of imidazole rings is 1. The van der Waals surface area contributed by atoms with Gasteiger partial charge in [0.1, 0.15) is 17.8 Å². The average molecular weight is 612 g/mol. The minimum Gasteiger partial charge on any atom is -0.443 e. The van der Waals surface area contributed by atoms with E-state index < -0.39 is 29.4 Å². The van der Waals surface area contributed by atoms with Gasteiger partial charge in [0.25, 0.3) is 0 Å². The summed E-state index contributed by atoms with van der Waals surface area (Å²) in [4.78, 5) is 45.1. The second-order valence-corrected chi connectivity index (χ2v) is 12.5. The first-order valence-corrected chi connectivity index (χ1v) is 15.4. The normalized spacial score (nSPS) is 18.8. The summed E-state index contributed by atoms with van der Waals surface area (Å²) >= 11 is 0. The maximum atomic E-state index is 13.2. The minimum atomic E-state index is -1.19. The molecule has 3 N–H and O–H groups in total. The Labute approximate surface area is 264 Å². The molecule has 1 fully saturated rings. The van der Waals surface area contributed by atoms with Crippen molar-refractivity contribution < 1.29 is 23.9 Å². The first-order chi connectivity index (χ1) is 21.6. The van der Waals surface area contributed by atoms with Gasteiger partial charge in [0.2, 0.25) is 11.7 Å². The molecule has 3 atom stereocenters. The van der Waals surface area contributed by atoms with Gasteiger partial charge < -0.3 is 30.0 Å². The number of fused-ring (bicyclic) bond motifs is 1. The lowest BCUT2D eigenvalue weighted by Crippen LogP contribution is -2.55. The van der Waals surface area contributed by atoms with Crippen molar-refractivity contribution in [2.75, 3.05) is 19.7 Å². The maximum absolute atomic E-state index is 13.2. The summed E-state index contributed by atoms with van der Waals surface area (Å²) in [6, 6.07) is 16.3. The Bertz CT molecular complexity index is 1560. The first-order valence-electron chi connectivity index (χ1n) is 15.4. The molecule has 1 saturated heterocycles. The molecule has 0 radical (unpaired) electrons. The third-order valence-corrected chi connectivity index (χ3v) is 8.28. The number of hydrogen-bond acceptors (Lipinski definition) is 7. The molecule has 0 saturated carbocycles. The smallest absolute Gasteiger partial charge is 0.410 e. The Morgan fingerprint density at radius 3 is 2.53 bits per heavy atom. The molecule has 0 bridgehead atoms. The van der Waals surface area contributed by atoms with Crippen molar-refractivity contribution in [2.24, 2.45) is 11.7 Å². The monoisotopic (exact) mass is 611 g/mol. The molecule has 1 aliphatic heterocycles. The third kappa shape index (κ3) is 8.18. The Balaban J connectivity index is 1.29. The summed E-state index contributed by atoms with van der Waals surface area (Å²) in [5.74, 6) is 5.06. The predicted octanol–water partition coefficient (Wildman–Crippen LogP) is 3.63. The lowest BCUT2D eigenvalue weighted by atomic mass is 10.00. The molecule has 3 aromatic rings. The molecule has 1 aromatic heterocycles. The molecular formula is C35H41N5O5. The van der Waals surface area contributed by atoms with Gasteiger partial charge in [-0.3, -0.25) is 9.59 Å². The Morgan fingerprint density at radius 2 is 1.80 bits per heavy atom. The van der Waals surface area contributed by atoms with Gasteiger partial charge >= 0.3 is 6.09 Å². The van der Waals surface area contributed by atoms with E-state index >= 15 is 0 Å². The molecule has 10 nitrogen and oxygen atoms in total. The van der Waals surface area contributed by atoms with Crippen molar-refractivity contribution in [1.29, 1.82) is 0 Å². The Kier molecular flexibility index (Phi) is 10.0. The number of hydrogen-bond donors (Lipinski definition) is 2. The number of nitrogens with zero attached hydrogens (tertiary/aromatic N) is 3. The largest absolute Gasteiger partial charge is 0.443 e. The van der Waals surface area contributed by atoms with E-state index in [4.69, 9.17) is 15.2 Å². The zero-order valence-electron chi connectivity index (χ0n) is 26.1. The van der Waals surface area contributed by atoms with E-state index in [0.717, 1.165) is 29.5 Å². The van der Waals surface area contributed by atoms with Crippen LogP contribution in [0.1, 0.15) is 62.0 Å². The van der Waals surface area contributed by atoms with Crippen molar-refractivity contribution in [1.82, 2.24) is 19.8 Å². The molecule has 0 unspecified atom stereocenters. The molecule has 45 heavy (non-hydrogen) atoms. The highest BCUT2D eigenvalue weighted by molar-refractivity contribution is 6.02. The fourth-order valence-electron chi connectivity index (χ4n) is 5.55. The lowest BCUT2D eigenvalue weighted by molar-refractivity contribution is -0.130. The standard InChI is InChI=1S/C35H41N5O5/c1-24-15-17-39(18-16-24)34(43)45-31-19-26-11-7-8-12-28(26)32(31)40-20-27(37-23-40)13-14-30(41)29(38-33(42)35(2,3)36)22-44-21-25-9-5-4-6-10-25/h4-12,20,23-24,29,31-32H,15-19,21-22,36H2,1-3H3,(H,38,42)/t29-,31-,32+/m1/s1. The Hall–Kier alpha value is -4.46. The zero-order valence-corrected chi connectivity index (χ0v) is 26.1. The number of benzene rings is 2. The van der Waals surface area contributed by atoms with E-state index in [1.54, 1.807) is 31.3 Å². The summed E-state index contributed by atoms with van der Waals surface area (Å²) in [5, 5.41) is 2.67. The number of ether oxygens (including phenoxy) is 2. The van der Waals surface area contributed by atoms with Crippen molar-refractivity contribution in [3.8, 4) is 11.8 Å². The number of nitrogens with two attached hydrogens (primary N) is 1. The number of rotatable bonds is 9. The zero-order chi connectivity index (χ0) is 32.0. The topological polar surface area (TPSA) is 129 Å². The molecule has 5 rings (SSSR count). The van der Waals surface area contributed by atoms with Crippen LogP contribution in [0.5, 0.6) is 0 Å². The number of carbonyl (C=O) groups excluding carboxylic acids is 3. The van der Waals surface area contributed by atoms with Crippen molar-refractivity contribution in [3.05, 3.63) is 89.5 Å². The van der Waals surface area contributed by atoms with E-state index in [1.807, 2.05) is 59.2 Å². The highest BCUT2D eigenvalue weighted by atomic mass is 16.6. The van der Waals surface area contributed by atoms with E-state index in [1.165, 1.54) is 0 Å². The highest BCUT2D eigenvalue weighted by Gasteiger charge is 2.38. The first kappa shape index (κ1) is 31.9. The van der Waals surface area contributed by atoms with Gasteiger partial charge in [-0.25, -0.2) is 9.78 Å². The third-order valence-electron chi connectivity index (χ3n) is 8.28. The number of Topliss-reactive ketones (excluding diaryl/α,β-unsaturated/α-hetero) is 1. The summed E-state index contributed by atoms with van der Waals surface area (Å²) in [7, 11) is 0. The van der Waals surface area contributed by atoms with Gasteiger partial charge in [-0.2, -0.15) is 0 Å². The van der Waals surface area contributed by atoms with Gasteiger partial charge in [-0.05, 0) is 61.1 Å². The molecule has 2 aromatic carbocycles. The number of carbonyl (C=O) groups is 3. The molecule has 0 spiro atoms. The van der Waals surface area contributed by atoms with Crippen LogP contribution in [0.3, 0.4) is 0 Å². The van der Waals surface area contributed by atoms with Crippen LogP contribution < -0.4 is 11.1 Å². The van der Waals surface area contributed by atoms with Gasteiger partial charge in [0.15, 0.2) is 0 Å². The van der Waals surface area contributed by atoms with Crippen LogP contribution in [0, 0.1) is 17.8 Å². The lowest BCUT2D eigenvalue weighted by Gasteiger charge is -2.31. The van der Waals surface area contributed by atoms with Crippen LogP contribution in [0.2, 0.25) is 0 Å². The van der Waals surface area contributed by atoms with Crippen LogP contribution in [-0.4, -0.2) is 69.6 Å². The van der Waals surface area contributed by atoms with Crippen LogP contribution in [-0.2, 0) is 32.1 Å². The molecule has 236 valence electrons. The molecule has 1 aliphatic carbocycles. The van der Waals surface area contributed by atoms with Crippen LogP contribution in [0.4, 0.5) is 4.79 Å². The highest BCUT2D eigenvalue weighted by Crippen LogP contribution is 2.37. The number of piperidine rings is 1. The van der Waals surface area contributed by atoms with Gasteiger partial charge in [-0.15, -0.1) is 0 Å². The SMILES string of the molecule is CC1CCN(C(=O)O[C@@H]2Cc3ccccc3[C@@H]2n2cnc(C#CC(=O)[C@@H](COCc3ccccc3)NC(=O)C(C)(C)N)c2)CC1. The number of aromatic nitrogens is 2. The molecule has 2 heterocycles. The van der Waals surface area contributed by atoms with Crippen molar-refractivity contribution >= 4 is 17.8 Å². The molecular weight excluding hydrogens is 570 g/mol. The fourth-order valence-corrected chi connectivity index (χ4v) is 5.55. The molecule has 10 heteroatoms. The second kappa shape index (κ2) is 14.1. The average Bonchev–Trinajstić information content (AvgIpc) is 3.63. The van der Waals surface area contributed by atoms with Gasteiger partial charge in [-0.1, -0.05) is 61.5 Å². The summed E-state index contributed by atoms with van der Waals surface area (Å²) in [6.07, 6.45) is 5.23. The van der Waals surface area contributed by atoms with Gasteiger partial charge in [0, 0.05) is 25.7 Å². The predicted molar refractivity (Wildman–Crippen MR) is 169 cm³/mol. The molecule has 2 amide bonds. The summed E-state index contributed by atoms with van der Waals surface area (Å²) in [6.45, 7) is 6.93. The van der Waals surface area contributed by atoms with Crippen LogP contribution in [0.25, 0.3) is 0 Å². The van der Waals surface area contributed by atoms with Crippen molar-refractivity contribution in [2.45, 2.75) is 70.4 Å². The summed E-state index contributed by atoms with van der Waals surface area (Å²) < 4.78 is 13.7. The number of amides is 2. The minimum absolute atomic E-state index is 0.0689. The molecule has 2 aliphatic rings. The maximum Gasteiger partial charge on any atom is 0.410 e. The number of likely N-dealkylation sites (tertiary alicyclic amines) is 1.